The molecular formula is C17H28ClN. The first-order chi connectivity index (χ1) is 9.02. The van der Waals surface area contributed by atoms with Crippen molar-refractivity contribution in [1.82, 2.24) is 5.32 Å². The number of benzene rings is 1. The fourth-order valence-electron chi connectivity index (χ4n) is 2.40. The molecule has 1 aromatic rings. The smallest absolute Gasteiger partial charge is 0.0406 e. The molecule has 1 N–H and O–H groups in total. The molecule has 0 aliphatic heterocycles. The van der Waals surface area contributed by atoms with E-state index in [1.807, 2.05) is 12.1 Å². The Morgan fingerprint density at radius 2 is 1.68 bits per heavy atom. The zero-order chi connectivity index (χ0) is 14.3. The van der Waals surface area contributed by atoms with Crippen molar-refractivity contribution in [2.75, 3.05) is 0 Å². The predicted molar refractivity (Wildman–Crippen MR) is 85.8 cm³/mol. The first kappa shape index (κ1) is 16.5. The molecule has 0 heterocycles. The minimum absolute atomic E-state index is 0.436. The highest BCUT2D eigenvalue weighted by Crippen LogP contribution is 2.20. The van der Waals surface area contributed by atoms with Gasteiger partial charge in [0.25, 0.3) is 0 Å². The van der Waals surface area contributed by atoms with E-state index in [2.05, 4.69) is 45.1 Å². The van der Waals surface area contributed by atoms with Crippen molar-refractivity contribution in [1.29, 1.82) is 0 Å². The highest BCUT2D eigenvalue weighted by atomic mass is 35.5. The lowest BCUT2D eigenvalue weighted by molar-refractivity contribution is 0.404. The highest BCUT2D eigenvalue weighted by molar-refractivity contribution is 6.30. The van der Waals surface area contributed by atoms with Crippen LogP contribution in [0, 0.1) is 5.92 Å². The van der Waals surface area contributed by atoms with Crippen molar-refractivity contribution >= 4 is 11.6 Å². The lowest BCUT2D eigenvalue weighted by Crippen LogP contribution is -2.30. The van der Waals surface area contributed by atoms with Gasteiger partial charge in [-0.2, -0.15) is 0 Å². The van der Waals surface area contributed by atoms with Crippen LogP contribution < -0.4 is 5.32 Å². The number of hydrogen-bond acceptors (Lipinski definition) is 1. The van der Waals surface area contributed by atoms with Crippen LogP contribution in [-0.4, -0.2) is 6.04 Å². The summed E-state index contributed by atoms with van der Waals surface area (Å²) in [6, 6.07) is 9.22. The molecule has 0 saturated carbocycles. The SMILES string of the molecule is CCC(NC(C)CCCC(C)C)c1ccc(Cl)cc1. The lowest BCUT2D eigenvalue weighted by atomic mass is 10.0. The molecular weight excluding hydrogens is 254 g/mol. The van der Waals surface area contributed by atoms with Gasteiger partial charge in [0.05, 0.1) is 0 Å². The largest absolute Gasteiger partial charge is 0.307 e. The molecule has 1 aromatic carbocycles. The van der Waals surface area contributed by atoms with Crippen molar-refractivity contribution in [3.05, 3.63) is 34.9 Å². The molecule has 2 unspecified atom stereocenters. The molecule has 2 atom stereocenters. The van der Waals surface area contributed by atoms with Crippen LogP contribution in [0.5, 0.6) is 0 Å². The third-order valence-electron chi connectivity index (χ3n) is 3.58. The van der Waals surface area contributed by atoms with Gasteiger partial charge >= 0.3 is 0 Å². The van der Waals surface area contributed by atoms with Crippen LogP contribution in [0.15, 0.2) is 24.3 Å². The number of halogens is 1. The summed E-state index contributed by atoms with van der Waals surface area (Å²) in [4.78, 5) is 0. The summed E-state index contributed by atoms with van der Waals surface area (Å²) in [7, 11) is 0. The Morgan fingerprint density at radius 1 is 1.05 bits per heavy atom. The molecule has 0 aliphatic carbocycles. The van der Waals surface area contributed by atoms with Gasteiger partial charge in [0, 0.05) is 17.1 Å². The van der Waals surface area contributed by atoms with Gasteiger partial charge in [-0.3, -0.25) is 0 Å². The van der Waals surface area contributed by atoms with Crippen molar-refractivity contribution in [2.24, 2.45) is 5.92 Å². The fraction of sp³-hybridized carbons (Fsp3) is 0.647. The number of rotatable bonds is 8. The van der Waals surface area contributed by atoms with Gasteiger partial charge in [-0.1, -0.05) is 57.3 Å². The van der Waals surface area contributed by atoms with Crippen molar-refractivity contribution in [2.45, 2.75) is 65.5 Å². The summed E-state index contributed by atoms with van der Waals surface area (Å²) in [6.45, 7) is 9.10. The van der Waals surface area contributed by atoms with E-state index in [9.17, 15) is 0 Å². The lowest BCUT2D eigenvalue weighted by Gasteiger charge is -2.23. The van der Waals surface area contributed by atoms with Crippen LogP contribution >= 0.6 is 11.6 Å². The molecule has 0 radical (unpaired) electrons. The minimum atomic E-state index is 0.436. The van der Waals surface area contributed by atoms with Gasteiger partial charge in [-0.15, -0.1) is 0 Å². The highest BCUT2D eigenvalue weighted by Gasteiger charge is 2.12. The summed E-state index contributed by atoms with van der Waals surface area (Å²) in [5.41, 5.74) is 1.34. The molecule has 2 heteroatoms. The van der Waals surface area contributed by atoms with E-state index >= 15 is 0 Å². The standard InChI is InChI=1S/C17H28ClN/c1-5-17(15-9-11-16(18)12-10-15)19-14(4)8-6-7-13(2)3/h9-14,17,19H,5-8H2,1-4H3. The first-order valence-electron chi connectivity index (χ1n) is 7.54. The fourth-order valence-corrected chi connectivity index (χ4v) is 2.53. The third kappa shape index (κ3) is 6.44. The predicted octanol–water partition coefficient (Wildman–Crippen LogP) is 5.60. The second-order valence-electron chi connectivity index (χ2n) is 5.90. The van der Waals surface area contributed by atoms with Crippen LogP contribution in [0.2, 0.25) is 5.02 Å². The molecule has 0 spiro atoms. The van der Waals surface area contributed by atoms with Crippen molar-refractivity contribution < 1.29 is 0 Å². The van der Waals surface area contributed by atoms with Crippen LogP contribution in [-0.2, 0) is 0 Å². The van der Waals surface area contributed by atoms with E-state index in [0.717, 1.165) is 17.4 Å². The van der Waals surface area contributed by atoms with Gasteiger partial charge in [0.2, 0.25) is 0 Å². The molecule has 1 nitrogen and oxygen atoms in total. The Kier molecular flexibility index (Phi) is 7.48. The average molecular weight is 282 g/mol. The molecule has 108 valence electrons. The molecule has 0 fully saturated rings. The Morgan fingerprint density at radius 3 is 2.21 bits per heavy atom. The number of nitrogens with one attached hydrogen (secondary N) is 1. The molecule has 1 rings (SSSR count). The van der Waals surface area contributed by atoms with E-state index in [4.69, 9.17) is 11.6 Å². The Labute approximate surface area is 123 Å². The zero-order valence-corrected chi connectivity index (χ0v) is 13.5. The van der Waals surface area contributed by atoms with Gasteiger partial charge in [0.1, 0.15) is 0 Å². The van der Waals surface area contributed by atoms with Gasteiger partial charge in [-0.05, 0) is 43.4 Å². The zero-order valence-electron chi connectivity index (χ0n) is 12.7. The van der Waals surface area contributed by atoms with E-state index in [-0.39, 0.29) is 0 Å². The van der Waals surface area contributed by atoms with E-state index in [1.54, 1.807) is 0 Å². The maximum Gasteiger partial charge on any atom is 0.0406 e. The quantitative estimate of drug-likeness (QED) is 0.654. The maximum absolute atomic E-state index is 5.94. The van der Waals surface area contributed by atoms with Gasteiger partial charge in [0.15, 0.2) is 0 Å². The van der Waals surface area contributed by atoms with Crippen LogP contribution in [0.3, 0.4) is 0 Å². The molecule has 19 heavy (non-hydrogen) atoms. The Bertz CT molecular complexity index is 345. The first-order valence-corrected chi connectivity index (χ1v) is 7.92. The monoisotopic (exact) mass is 281 g/mol. The minimum Gasteiger partial charge on any atom is -0.307 e. The summed E-state index contributed by atoms with van der Waals surface area (Å²) in [6.07, 6.45) is 4.99. The third-order valence-corrected chi connectivity index (χ3v) is 3.84. The van der Waals surface area contributed by atoms with Crippen LogP contribution in [0.4, 0.5) is 0 Å². The Hall–Kier alpha value is -0.530. The topological polar surface area (TPSA) is 12.0 Å². The van der Waals surface area contributed by atoms with Crippen LogP contribution in [0.25, 0.3) is 0 Å². The molecule has 0 amide bonds. The Balaban J connectivity index is 2.45. The summed E-state index contributed by atoms with van der Waals surface area (Å²) >= 11 is 5.94. The van der Waals surface area contributed by atoms with E-state index < -0.39 is 0 Å². The van der Waals surface area contributed by atoms with Crippen molar-refractivity contribution in [3.63, 3.8) is 0 Å². The normalized spacial score (nSPS) is 14.6. The number of hydrogen-bond donors (Lipinski definition) is 1. The van der Waals surface area contributed by atoms with Gasteiger partial charge in [-0.25, -0.2) is 0 Å². The molecule has 0 aliphatic rings. The molecule has 0 aromatic heterocycles. The summed E-state index contributed by atoms with van der Waals surface area (Å²) < 4.78 is 0. The summed E-state index contributed by atoms with van der Waals surface area (Å²) in [5, 5.41) is 4.54. The molecule has 0 saturated heterocycles. The molecule has 0 bridgehead atoms. The van der Waals surface area contributed by atoms with E-state index in [1.165, 1.54) is 24.8 Å². The van der Waals surface area contributed by atoms with Gasteiger partial charge < -0.3 is 5.32 Å². The van der Waals surface area contributed by atoms with E-state index in [0.29, 0.717) is 12.1 Å². The summed E-state index contributed by atoms with van der Waals surface area (Å²) in [5.74, 6) is 0.811. The maximum atomic E-state index is 5.94. The van der Waals surface area contributed by atoms with Crippen LogP contribution in [0.1, 0.15) is 65.0 Å². The second-order valence-corrected chi connectivity index (χ2v) is 6.34. The van der Waals surface area contributed by atoms with Crippen molar-refractivity contribution in [3.8, 4) is 0 Å². The average Bonchev–Trinajstić information content (AvgIpc) is 2.36. The second kappa shape index (κ2) is 8.60.